The molecule has 2 fully saturated rings. The number of carbonyl (C=O) groups is 1. The lowest BCUT2D eigenvalue weighted by atomic mass is 10.1. The van der Waals surface area contributed by atoms with Crippen LogP contribution in [0.1, 0.15) is 26.2 Å². The van der Waals surface area contributed by atoms with E-state index in [-0.39, 0.29) is 0 Å². The first-order chi connectivity index (χ1) is 7.33. The Morgan fingerprint density at radius 2 is 2.07 bits per heavy atom. The zero-order valence-electron chi connectivity index (χ0n) is 9.58. The van der Waals surface area contributed by atoms with Crippen LogP contribution in [0, 0.1) is 0 Å². The molecule has 2 rings (SSSR count). The summed E-state index contributed by atoms with van der Waals surface area (Å²) in [5.41, 5.74) is 0. The molecule has 0 aliphatic carbocycles. The summed E-state index contributed by atoms with van der Waals surface area (Å²) in [6.45, 7) is 6.38. The number of hydrogen-bond acceptors (Lipinski definition) is 3. The minimum absolute atomic E-state index is 0.693. The molecule has 1 unspecified atom stereocenters. The van der Waals surface area contributed by atoms with Crippen molar-refractivity contribution in [2.45, 2.75) is 32.2 Å². The van der Waals surface area contributed by atoms with E-state index in [1.54, 1.807) is 4.90 Å². The molecule has 4 nitrogen and oxygen atoms in total. The summed E-state index contributed by atoms with van der Waals surface area (Å²) in [5.74, 6) is 0. The fourth-order valence-corrected chi connectivity index (χ4v) is 1.71. The van der Waals surface area contributed by atoms with Crippen molar-refractivity contribution in [2.24, 2.45) is 0 Å². The number of rotatable bonds is 1. The number of amides is 1. The van der Waals surface area contributed by atoms with Gasteiger partial charge in [0.1, 0.15) is 0 Å². The number of morpholine rings is 1. The summed E-state index contributed by atoms with van der Waals surface area (Å²) in [4.78, 5) is 11.7. The summed E-state index contributed by atoms with van der Waals surface area (Å²) in [6.07, 6.45) is 5.04. The van der Waals surface area contributed by atoms with Crippen LogP contribution in [0.15, 0.2) is 0 Å². The van der Waals surface area contributed by atoms with E-state index in [2.05, 4.69) is 12.2 Å². The van der Waals surface area contributed by atoms with E-state index in [0.29, 0.717) is 13.2 Å². The molecule has 1 atom stereocenters. The van der Waals surface area contributed by atoms with Gasteiger partial charge in [-0.1, -0.05) is 6.42 Å². The molecule has 2 aliphatic rings. The quantitative estimate of drug-likeness (QED) is 0.651. The number of ether oxygens (including phenoxy) is 1. The van der Waals surface area contributed by atoms with E-state index in [1.807, 2.05) is 0 Å². The first-order valence-corrected chi connectivity index (χ1v) is 5.83. The molecule has 4 heteroatoms. The van der Waals surface area contributed by atoms with Crippen molar-refractivity contribution in [1.82, 2.24) is 10.2 Å². The van der Waals surface area contributed by atoms with Gasteiger partial charge < -0.3 is 15.0 Å². The molecular weight excluding hydrogens is 192 g/mol. The monoisotopic (exact) mass is 214 g/mol. The van der Waals surface area contributed by atoms with Gasteiger partial charge in [0.25, 0.3) is 0 Å². The van der Waals surface area contributed by atoms with E-state index < -0.39 is 0 Å². The van der Waals surface area contributed by atoms with Gasteiger partial charge in [-0.25, -0.2) is 0 Å². The van der Waals surface area contributed by atoms with Crippen LogP contribution in [0.25, 0.3) is 0 Å². The largest absolute Gasteiger partial charge is 0.378 e. The van der Waals surface area contributed by atoms with Gasteiger partial charge in [-0.05, 0) is 26.3 Å². The van der Waals surface area contributed by atoms with Gasteiger partial charge in [0, 0.05) is 19.1 Å². The van der Waals surface area contributed by atoms with E-state index in [1.165, 1.54) is 25.8 Å². The molecule has 0 aromatic heterocycles. The van der Waals surface area contributed by atoms with Crippen LogP contribution in [0.2, 0.25) is 0 Å². The van der Waals surface area contributed by atoms with Crippen LogP contribution in [0.5, 0.6) is 0 Å². The molecule has 1 N–H and O–H groups in total. The SMILES string of the molecule is CC1CCCCN1.O=CN1CCOCC1. The maximum atomic E-state index is 10.0. The van der Waals surface area contributed by atoms with Gasteiger partial charge in [0.05, 0.1) is 13.2 Å². The van der Waals surface area contributed by atoms with Crippen molar-refractivity contribution in [2.75, 3.05) is 32.8 Å². The standard InChI is InChI=1S/C6H13N.C5H9NO2/c1-6-4-2-3-5-7-6;7-5-6-1-3-8-4-2-6/h6-7H,2-5H2,1H3;5H,1-4H2. The molecule has 88 valence electrons. The second kappa shape index (κ2) is 7.65. The molecule has 0 spiro atoms. The van der Waals surface area contributed by atoms with Gasteiger partial charge in [-0.15, -0.1) is 0 Å². The summed E-state index contributed by atoms with van der Waals surface area (Å²) in [6, 6.07) is 0.786. The molecule has 0 saturated carbocycles. The van der Waals surface area contributed by atoms with Gasteiger partial charge >= 0.3 is 0 Å². The Labute approximate surface area is 92.0 Å². The van der Waals surface area contributed by atoms with Crippen molar-refractivity contribution < 1.29 is 9.53 Å². The Kier molecular flexibility index (Phi) is 6.36. The predicted octanol–water partition coefficient (Wildman–Crippen LogP) is 0.623. The first kappa shape index (κ1) is 12.5. The lowest BCUT2D eigenvalue weighted by molar-refractivity contribution is -0.121. The molecule has 2 aliphatic heterocycles. The lowest BCUT2D eigenvalue weighted by Gasteiger charge is -2.21. The first-order valence-electron chi connectivity index (χ1n) is 5.83. The average Bonchev–Trinajstić information content (AvgIpc) is 2.32. The van der Waals surface area contributed by atoms with E-state index >= 15 is 0 Å². The molecule has 2 saturated heterocycles. The molecular formula is C11H22N2O2. The highest BCUT2D eigenvalue weighted by Crippen LogP contribution is 2.04. The third-order valence-electron chi connectivity index (χ3n) is 2.75. The Morgan fingerprint density at radius 1 is 1.33 bits per heavy atom. The topological polar surface area (TPSA) is 41.6 Å². The summed E-state index contributed by atoms with van der Waals surface area (Å²) >= 11 is 0. The summed E-state index contributed by atoms with van der Waals surface area (Å²) < 4.78 is 5.00. The number of carbonyl (C=O) groups excluding carboxylic acids is 1. The smallest absolute Gasteiger partial charge is 0.209 e. The fraction of sp³-hybridized carbons (Fsp3) is 0.909. The molecule has 0 aromatic carbocycles. The van der Waals surface area contributed by atoms with Gasteiger partial charge in [0.2, 0.25) is 6.41 Å². The normalized spacial score (nSPS) is 26.5. The van der Waals surface area contributed by atoms with Crippen molar-refractivity contribution in [1.29, 1.82) is 0 Å². The van der Waals surface area contributed by atoms with Crippen LogP contribution >= 0.6 is 0 Å². The zero-order chi connectivity index (χ0) is 10.9. The van der Waals surface area contributed by atoms with Crippen LogP contribution in [0.3, 0.4) is 0 Å². The highest BCUT2D eigenvalue weighted by atomic mass is 16.5. The van der Waals surface area contributed by atoms with Crippen LogP contribution in [0.4, 0.5) is 0 Å². The Hall–Kier alpha value is -0.610. The fourth-order valence-electron chi connectivity index (χ4n) is 1.71. The highest BCUT2D eigenvalue weighted by Gasteiger charge is 2.05. The second-order valence-corrected chi connectivity index (χ2v) is 4.10. The number of hydrogen-bond donors (Lipinski definition) is 1. The number of nitrogens with zero attached hydrogens (tertiary/aromatic N) is 1. The van der Waals surface area contributed by atoms with Crippen molar-refractivity contribution in [3.63, 3.8) is 0 Å². The average molecular weight is 214 g/mol. The summed E-state index contributed by atoms with van der Waals surface area (Å²) in [5, 5.41) is 3.38. The molecule has 15 heavy (non-hydrogen) atoms. The Balaban J connectivity index is 0.000000151. The maximum absolute atomic E-state index is 10.0. The van der Waals surface area contributed by atoms with Gasteiger partial charge in [-0.3, -0.25) is 4.79 Å². The minimum atomic E-state index is 0.693. The molecule has 0 aromatic rings. The van der Waals surface area contributed by atoms with Crippen molar-refractivity contribution >= 4 is 6.41 Å². The maximum Gasteiger partial charge on any atom is 0.209 e. The highest BCUT2D eigenvalue weighted by molar-refractivity contribution is 5.46. The third kappa shape index (κ3) is 5.74. The van der Waals surface area contributed by atoms with Crippen LogP contribution in [-0.4, -0.2) is 50.2 Å². The molecule has 0 radical (unpaired) electrons. The van der Waals surface area contributed by atoms with E-state index in [9.17, 15) is 4.79 Å². The van der Waals surface area contributed by atoms with E-state index in [0.717, 1.165) is 25.5 Å². The van der Waals surface area contributed by atoms with Crippen LogP contribution in [-0.2, 0) is 9.53 Å². The third-order valence-corrected chi connectivity index (χ3v) is 2.75. The van der Waals surface area contributed by atoms with Gasteiger partial charge in [0.15, 0.2) is 0 Å². The Bertz CT molecular complexity index is 164. The van der Waals surface area contributed by atoms with Gasteiger partial charge in [-0.2, -0.15) is 0 Å². The Morgan fingerprint density at radius 3 is 2.40 bits per heavy atom. The van der Waals surface area contributed by atoms with E-state index in [4.69, 9.17) is 4.74 Å². The minimum Gasteiger partial charge on any atom is -0.378 e. The number of nitrogens with one attached hydrogen (secondary N) is 1. The molecule has 0 bridgehead atoms. The molecule has 1 amide bonds. The number of piperidine rings is 1. The predicted molar refractivity (Wildman–Crippen MR) is 59.8 cm³/mol. The zero-order valence-corrected chi connectivity index (χ0v) is 9.58. The summed E-state index contributed by atoms with van der Waals surface area (Å²) in [7, 11) is 0. The van der Waals surface area contributed by atoms with Crippen molar-refractivity contribution in [3.05, 3.63) is 0 Å². The lowest BCUT2D eigenvalue weighted by Crippen LogP contribution is -2.34. The second-order valence-electron chi connectivity index (χ2n) is 4.10. The molecule has 2 heterocycles. The van der Waals surface area contributed by atoms with Crippen LogP contribution < -0.4 is 5.32 Å². The van der Waals surface area contributed by atoms with Crippen molar-refractivity contribution in [3.8, 4) is 0 Å².